The van der Waals surface area contributed by atoms with Crippen LogP contribution in [-0.4, -0.2) is 14.1 Å². The summed E-state index contributed by atoms with van der Waals surface area (Å²) in [5.74, 6) is 0. The average molecular weight is 1050 g/mol. The molecular weight excluding hydrogens is 1000 g/mol. The average Bonchev–Trinajstić information content (AvgIpc) is 1.97. The van der Waals surface area contributed by atoms with Crippen LogP contribution >= 0.6 is 0 Å². The lowest BCUT2D eigenvalue weighted by Gasteiger charge is -2.30. The fraction of sp³-hybridized carbons (Fsp3) is 0.0127. The number of hydrogen-bond acceptors (Lipinski definition) is 2. The Balaban J connectivity index is 0.984. The smallest absolute Gasteiger partial charge is 0.104 e. The summed E-state index contributed by atoms with van der Waals surface area (Å²) in [4.78, 5) is 5.16. The minimum absolute atomic E-state index is 0.567. The van der Waals surface area contributed by atoms with Gasteiger partial charge >= 0.3 is 0 Å². The first-order chi connectivity index (χ1) is 41.1. The summed E-state index contributed by atoms with van der Waals surface area (Å²) >= 11 is 0. The van der Waals surface area contributed by atoms with Gasteiger partial charge in [0.2, 0.25) is 0 Å². The second-order valence-corrected chi connectivity index (χ2v) is 22.1. The normalized spacial score (nSPS) is 12.7. The highest BCUT2D eigenvalue weighted by molar-refractivity contribution is 6.14. The molecule has 2 aliphatic rings. The Bertz CT molecular complexity index is 4720. The van der Waals surface area contributed by atoms with Gasteiger partial charge in [0.1, 0.15) is 11.6 Å². The molecule has 0 saturated heterocycles. The molecule has 4 heteroatoms. The molecule has 0 radical (unpaired) electrons. The number of rotatable bonds is 7. The highest BCUT2D eigenvalue weighted by Crippen LogP contribution is 2.63. The highest BCUT2D eigenvalue weighted by atomic mass is 15.0. The van der Waals surface area contributed by atoms with Gasteiger partial charge in [-0.3, -0.25) is 4.98 Å². The van der Waals surface area contributed by atoms with Crippen molar-refractivity contribution in [2.75, 3.05) is 0 Å². The lowest BCUT2D eigenvalue weighted by molar-refractivity contribution is 0.791. The molecule has 83 heavy (non-hydrogen) atoms. The summed E-state index contributed by atoms with van der Waals surface area (Å²) in [6, 6.07) is 106. The Hall–Kier alpha value is -11.1. The monoisotopic (exact) mass is 1050 g/mol. The van der Waals surface area contributed by atoms with Gasteiger partial charge in [0.05, 0.1) is 44.6 Å². The first-order valence-corrected chi connectivity index (χ1v) is 28.4. The Morgan fingerprint density at radius 3 is 1.06 bits per heavy atom. The third kappa shape index (κ3) is 6.89. The SMILES string of the molecule is N#Cc1c(-n2c3ccc(-c4ccccc4)cc3c3cc(-c4ccccc4)ccc32)cc(-c2ccc3c(c2)C2(c4ccccc4-c4ccccc42)c2cccnc2-3)cc1-n1c2ccc(-c3ccccc3)cc2c2cc(-c3ccccc3)ccc21. The standard InChI is InChI=1S/C79H48N4/c80-49-67-76(82-72-37-32-54(50-18-5-1-6-19-50)42-63(72)64-43-55(33-38-73(64)82)51-20-7-2-8-21-51)47-59(58-31-36-62-71(46-58)79(70-30-17-41-81-78(62)70)68-28-15-13-26-60(68)61-27-14-16-29-69(61)79)48-77(67)83-74-39-34-56(52-22-9-3-10-23-52)44-65(74)66-45-57(35-40-75(66)83)53-24-11-4-12-25-53/h1-48H. The van der Waals surface area contributed by atoms with E-state index in [0.717, 1.165) is 122 Å². The van der Waals surface area contributed by atoms with Crippen molar-refractivity contribution in [2.45, 2.75) is 5.41 Å². The summed E-state index contributed by atoms with van der Waals surface area (Å²) in [7, 11) is 0. The molecule has 0 unspecified atom stereocenters. The molecule has 17 rings (SSSR count). The molecule has 15 aromatic rings. The van der Waals surface area contributed by atoms with E-state index in [1.54, 1.807) is 0 Å². The number of fused-ring (bicyclic) bond motifs is 16. The summed E-state index contributed by atoms with van der Waals surface area (Å²) < 4.78 is 4.71. The predicted molar refractivity (Wildman–Crippen MR) is 341 cm³/mol. The number of hydrogen-bond donors (Lipinski definition) is 0. The topological polar surface area (TPSA) is 46.5 Å². The maximum Gasteiger partial charge on any atom is 0.104 e. The molecule has 1 spiro atoms. The van der Waals surface area contributed by atoms with E-state index in [9.17, 15) is 5.26 Å². The van der Waals surface area contributed by atoms with E-state index in [4.69, 9.17) is 4.98 Å². The van der Waals surface area contributed by atoms with Gasteiger partial charge in [0, 0.05) is 33.3 Å². The first kappa shape index (κ1) is 46.8. The van der Waals surface area contributed by atoms with Gasteiger partial charge in [0.15, 0.2) is 0 Å². The van der Waals surface area contributed by atoms with Gasteiger partial charge in [-0.15, -0.1) is 0 Å². The largest absolute Gasteiger partial charge is 0.308 e. The molecule has 0 N–H and O–H groups in total. The number of nitrogens with zero attached hydrogens (tertiary/aromatic N) is 4. The number of aromatic nitrogens is 3. The second kappa shape index (κ2) is 18.2. The lowest BCUT2D eigenvalue weighted by Crippen LogP contribution is -2.25. The van der Waals surface area contributed by atoms with E-state index in [1.165, 1.54) is 33.4 Å². The van der Waals surface area contributed by atoms with E-state index >= 15 is 0 Å². The Kier molecular flexibility index (Phi) is 10.3. The van der Waals surface area contributed by atoms with E-state index in [1.807, 2.05) is 6.20 Å². The molecule has 0 saturated carbocycles. The Morgan fingerprint density at radius 2 is 0.651 bits per heavy atom. The highest BCUT2D eigenvalue weighted by Gasteiger charge is 2.52. The van der Waals surface area contributed by atoms with Gasteiger partial charge in [-0.25, -0.2) is 0 Å². The van der Waals surface area contributed by atoms with Crippen molar-refractivity contribution in [1.82, 2.24) is 14.1 Å². The molecule has 0 fully saturated rings. The first-order valence-electron chi connectivity index (χ1n) is 28.4. The van der Waals surface area contributed by atoms with Gasteiger partial charge in [-0.2, -0.15) is 5.26 Å². The zero-order valence-electron chi connectivity index (χ0n) is 45.0. The molecular formula is C79H48N4. The molecule has 0 aliphatic heterocycles. The lowest BCUT2D eigenvalue weighted by atomic mass is 9.70. The van der Waals surface area contributed by atoms with Crippen molar-refractivity contribution in [2.24, 2.45) is 0 Å². The van der Waals surface area contributed by atoms with Crippen LogP contribution in [-0.2, 0) is 5.41 Å². The summed E-state index contributed by atoms with van der Waals surface area (Å²) in [5, 5.41) is 16.6. The van der Waals surface area contributed by atoms with Crippen LogP contribution in [0.3, 0.4) is 0 Å². The van der Waals surface area contributed by atoms with Crippen LogP contribution in [0.4, 0.5) is 0 Å². The van der Waals surface area contributed by atoms with Crippen LogP contribution in [0.2, 0.25) is 0 Å². The molecule has 4 nitrogen and oxygen atoms in total. The number of pyridine rings is 1. The molecule has 0 amide bonds. The molecule has 0 atom stereocenters. The fourth-order valence-electron chi connectivity index (χ4n) is 14.2. The molecule has 3 heterocycles. The van der Waals surface area contributed by atoms with Gasteiger partial charge in [-0.05, 0) is 162 Å². The number of benzene rings is 12. The van der Waals surface area contributed by atoms with Crippen LogP contribution in [0, 0.1) is 11.3 Å². The van der Waals surface area contributed by atoms with Crippen LogP contribution < -0.4 is 0 Å². The zero-order chi connectivity index (χ0) is 54.8. The Labute approximate surface area is 480 Å². The summed E-state index contributed by atoms with van der Waals surface area (Å²) in [6.45, 7) is 0. The van der Waals surface area contributed by atoms with Gasteiger partial charge in [-0.1, -0.05) is 212 Å². The van der Waals surface area contributed by atoms with Crippen molar-refractivity contribution in [1.29, 1.82) is 5.26 Å². The van der Waals surface area contributed by atoms with E-state index in [2.05, 4.69) is 300 Å². The minimum atomic E-state index is -0.597. The fourth-order valence-corrected chi connectivity index (χ4v) is 14.2. The second-order valence-electron chi connectivity index (χ2n) is 22.1. The molecule has 3 aromatic heterocycles. The van der Waals surface area contributed by atoms with Crippen molar-refractivity contribution in [3.63, 3.8) is 0 Å². The van der Waals surface area contributed by atoms with E-state index in [0.29, 0.717) is 5.56 Å². The van der Waals surface area contributed by atoms with Crippen LogP contribution in [0.5, 0.6) is 0 Å². The number of nitriles is 1. The minimum Gasteiger partial charge on any atom is -0.308 e. The van der Waals surface area contributed by atoms with Crippen molar-refractivity contribution >= 4 is 43.6 Å². The zero-order valence-corrected chi connectivity index (χ0v) is 45.0. The third-order valence-electron chi connectivity index (χ3n) is 17.8. The molecule has 2 aliphatic carbocycles. The van der Waals surface area contributed by atoms with Crippen molar-refractivity contribution in [3.8, 4) is 95.5 Å². The van der Waals surface area contributed by atoms with Crippen LogP contribution in [0.1, 0.15) is 27.8 Å². The maximum absolute atomic E-state index is 12.2. The third-order valence-corrected chi connectivity index (χ3v) is 17.8. The van der Waals surface area contributed by atoms with E-state index in [-0.39, 0.29) is 0 Å². The van der Waals surface area contributed by atoms with Crippen molar-refractivity contribution < 1.29 is 0 Å². The van der Waals surface area contributed by atoms with Gasteiger partial charge < -0.3 is 9.13 Å². The molecule has 12 aromatic carbocycles. The molecule has 384 valence electrons. The van der Waals surface area contributed by atoms with Crippen LogP contribution in [0.15, 0.2) is 291 Å². The van der Waals surface area contributed by atoms with E-state index < -0.39 is 5.41 Å². The molecule has 0 bridgehead atoms. The predicted octanol–water partition coefficient (Wildman–Crippen LogP) is 19.8. The summed E-state index contributed by atoms with van der Waals surface area (Å²) in [5.41, 5.74) is 26.3. The van der Waals surface area contributed by atoms with Crippen molar-refractivity contribution in [3.05, 3.63) is 319 Å². The summed E-state index contributed by atoms with van der Waals surface area (Å²) in [6.07, 6.45) is 1.93. The Morgan fingerprint density at radius 1 is 0.289 bits per heavy atom. The van der Waals surface area contributed by atoms with Crippen LogP contribution in [0.25, 0.3) is 133 Å². The maximum atomic E-state index is 12.2. The van der Waals surface area contributed by atoms with Gasteiger partial charge in [0.25, 0.3) is 0 Å². The quantitative estimate of drug-likeness (QED) is 0.160.